The molecular formula is C15H13ClF2N2O. The summed E-state index contributed by atoms with van der Waals surface area (Å²) in [5, 5.41) is 3.04. The van der Waals surface area contributed by atoms with Crippen molar-refractivity contribution in [1.82, 2.24) is 5.32 Å². The molecule has 0 saturated carbocycles. The Morgan fingerprint density at radius 3 is 2.48 bits per heavy atom. The first kappa shape index (κ1) is 15.3. The first-order valence-electron chi connectivity index (χ1n) is 6.24. The van der Waals surface area contributed by atoms with Crippen LogP contribution in [0.4, 0.5) is 14.5 Å². The van der Waals surface area contributed by atoms with Crippen molar-refractivity contribution in [2.75, 3.05) is 12.3 Å². The van der Waals surface area contributed by atoms with Gasteiger partial charge in [-0.15, -0.1) is 0 Å². The maximum Gasteiger partial charge on any atom is 0.253 e. The zero-order chi connectivity index (χ0) is 15.4. The molecule has 0 spiro atoms. The molecule has 0 aliphatic heterocycles. The van der Waals surface area contributed by atoms with Gasteiger partial charge in [-0.05, 0) is 42.3 Å². The third kappa shape index (κ3) is 4.16. The van der Waals surface area contributed by atoms with Gasteiger partial charge in [-0.1, -0.05) is 11.6 Å². The molecule has 1 amide bonds. The van der Waals surface area contributed by atoms with Gasteiger partial charge in [-0.25, -0.2) is 8.78 Å². The molecule has 0 unspecified atom stereocenters. The number of hydrogen-bond donors (Lipinski definition) is 2. The highest BCUT2D eigenvalue weighted by molar-refractivity contribution is 6.31. The maximum atomic E-state index is 13.0. The average Bonchev–Trinajstić information content (AvgIpc) is 2.40. The van der Waals surface area contributed by atoms with E-state index in [9.17, 15) is 13.6 Å². The zero-order valence-corrected chi connectivity index (χ0v) is 11.8. The molecule has 0 saturated heterocycles. The Morgan fingerprint density at radius 2 is 1.81 bits per heavy atom. The first-order chi connectivity index (χ1) is 9.95. The van der Waals surface area contributed by atoms with Crippen molar-refractivity contribution in [2.24, 2.45) is 0 Å². The smallest absolute Gasteiger partial charge is 0.253 e. The van der Waals surface area contributed by atoms with Crippen molar-refractivity contribution in [3.8, 4) is 0 Å². The minimum absolute atomic E-state index is 0.230. The van der Waals surface area contributed by atoms with Gasteiger partial charge in [0.2, 0.25) is 0 Å². The zero-order valence-electron chi connectivity index (χ0n) is 11.0. The van der Waals surface area contributed by atoms with E-state index >= 15 is 0 Å². The molecule has 0 aliphatic carbocycles. The topological polar surface area (TPSA) is 55.1 Å². The van der Waals surface area contributed by atoms with E-state index in [0.717, 1.165) is 6.07 Å². The molecule has 6 heteroatoms. The number of nitrogens with two attached hydrogens (primary N) is 1. The van der Waals surface area contributed by atoms with Crippen molar-refractivity contribution in [3.63, 3.8) is 0 Å². The maximum absolute atomic E-state index is 13.0. The van der Waals surface area contributed by atoms with Crippen LogP contribution in [-0.4, -0.2) is 12.5 Å². The molecule has 0 aliphatic rings. The number of anilines is 1. The Bertz CT molecular complexity index is 656. The number of nitrogen functional groups attached to an aromatic ring is 1. The Kier molecular flexibility index (Phi) is 4.75. The fraction of sp³-hybridized carbons (Fsp3) is 0.133. The monoisotopic (exact) mass is 310 g/mol. The normalized spacial score (nSPS) is 10.4. The van der Waals surface area contributed by atoms with Gasteiger partial charge in [0, 0.05) is 23.3 Å². The lowest BCUT2D eigenvalue weighted by molar-refractivity contribution is 0.0955. The van der Waals surface area contributed by atoms with E-state index in [4.69, 9.17) is 17.3 Å². The quantitative estimate of drug-likeness (QED) is 0.852. The van der Waals surface area contributed by atoms with Crippen LogP contribution in [0.1, 0.15) is 15.9 Å². The lowest BCUT2D eigenvalue weighted by Gasteiger charge is -2.08. The fourth-order valence-corrected chi connectivity index (χ4v) is 2.07. The molecule has 0 aromatic heterocycles. The minimum atomic E-state index is -0.643. The fourth-order valence-electron chi connectivity index (χ4n) is 1.90. The van der Waals surface area contributed by atoms with Gasteiger partial charge in [0.15, 0.2) is 0 Å². The van der Waals surface area contributed by atoms with Gasteiger partial charge in [0.25, 0.3) is 5.91 Å². The van der Waals surface area contributed by atoms with E-state index in [1.54, 1.807) is 12.1 Å². The van der Waals surface area contributed by atoms with Crippen LogP contribution in [0.5, 0.6) is 0 Å². The SMILES string of the molecule is Nc1ccc(Cl)cc1C(=O)NCCc1cc(F)cc(F)c1. The van der Waals surface area contributed by atoms with Gasteiger partial charge in [0.1, 0.15) is 11.6 Å². The Morgan fingerprint density at radius 1 is 1.14 bits per heavy atom. The van der Waals surface area contributed by atoms with Crippen LogP contribution < -0.4 is 11.1 Å². The third-order valence-electron chi connectivity index (χ3n) is 2.88. The van der Waals surface area contributed by atoms with Crippen LogP contribution in [0.15, 0.2) is 36.4 Å². The summed E-state index contributed by atoms with van der Waals surface area (Å²) < 4.78 is 26.0. The summed E-state index contributed by atoms with van der Waals surface area (Å²) in [7, 11) is 0. The number of benzene rings is 2. The van der Waals surface area contributed by atoms with E-state index in [0.29, 0.717) is 22.7 Å². The van der Waals surface area contributed by atoms with Crippen molar-refractivity contribution in [3.05, 3.63) is 64.2 Å². The van der Waals surface area contributed by atoms with Gasteiger partial charge in [-0.3, -0.25) is 4.79 Å². The predicted octanol–water partition coefficient (Wildman–Crippen LogP) is 3.17. The summed E-state index contributed by atoms with van der Waals surface area (Å²) in [6.07, 6.45) is 0.306. The summed E-state index contributed by atoms with van der Waals surface area (Å²) in [6.45, 7) is 0.230. The van der Waals surface area contributed by atoms with E-state index in [-0.39, 0.29) is 18.0 Å². The molecule has 0 atom stereocenters. The number of carbonyl (C=O) groups excluding carboxylic acids is 1. The molecule has 2 aromatic rings. The van der Waals surface area contributed by atoms with E-state index < -0.39 is 11.6 Å². The Balaban J connectivity index is 1.96. The highest BCUT2D eigenvalue weighted by atomic mass is 35.5. The van der Waals surface area contributed by atoms with Crippen molar-refractivity contribution in [1.29, 1.82) is 0 Å². The highest BCUT2D eigenvalue weighted by Gasteiger charge is 2.10. The minimum Gasteiger partial charge on any atom is -0.398 e. The van der Waals surface area contributed by atoms with Gasteiger partial charge in [0.05, 0.1) is 5.56 Å². The lowest BCUT2D eigenvalue weighted by Crippen LogP contribution is -2.26. The third-order valence-corrected chi connectivity index (χ3v) is 3.12. The second-order valence-electron chi connectivity index (χ2n) is 4.52. The van der Waals surface area contributed by atoms with Gasteiger partial charge in [-0.2, -0.15) is 0 Å². The second kappa shape index (κ2) is 6.54. The standard InChI is InChI=1S/C15H13ClF2N2O/c16-10-1-2-14(19)13(7-10)15(21)20-4-3-9-5-11(17)8-12(18)6-9/h1-2,5-8H,3-4,19H2,(H,20,21). The summed E-state index contributed by atoms with van der Waals surface area (Å²) in [4.78, 5) is 11.9. The molecule has 0 radical (unpaired) electrons. The number of amides is 1. The van der Waals surface area contributed by atoms with Crippen LogP contribution in [0.3, 0.4) is 0 Å². The summed E-state index contributed by atoms with van der Waals surface area (Å²) in [6, 6.07) is 7.84. The van der Waals surface area contributed by atoms with Crippen LogP contribution in [0, 0.1) is 11.6 Å². The lowest BCUT2D eigenvalue weighted by atomic mass is 10.1. The molecule has 2 rings (SSSR count). The van der Waals surface area contributed by atoms with Crippen molar-refractivity contribution in [2.45, 2.75) is 6.42 Å². The van der Waals surface area contributed by atoms with E-state index in [1.807, 2.05) is 0 Å². The Hall–Kier alpha value is -2.14. The largest absolute Gasteiger partial charge is 0.398 e. The molecule has 21 heavy (non-hydrogen) atoms. The van der Waals surface area contributed by atoms with Crippen LogP contribution in [-0.2, 0) is 6.42 Å². The molecule has 3 N–H and O–H groups in total. The molecule has 0 heterocycles. The molecule has 3 nitrogen and oxygen atoms in total. The first-order valence-corrected chi connectivity index (χ1v) is 6.61. The second-order valence-corrected chi connectivity index (χ2v) is 4.95. The summed E-state index contributed by atoms with van der Waals surface area (Å²) >= 11 is 5.81. The number of carbonyl (C=O) groups is 1. The van der Waals surface area contributed by atoms with Gasteiger partial charge < -0.3 is 11.1 Å². The van der Waals surface area contributed by atoms with Crippen LogP contribution in [0.25, 0.3) is 0 Å². The molecule has 110 valence electrons. The summed E-state index contributed by atoms with van der Waals surface area (Å²) in [5.41, 5.74) is 6.74. The van der Waals surface area contributed by atoms with Gasteiger partial charge >= 0.3 is 0 Å². The van der Waals surface area contributed by atoms with Crippen LogP contribution >= 0.6 is 11.6 Å². The van der Waals surface area contributed by atoms with E-state index in [2.05, 4.69) is 5.32 Å². The van der Waals surface area contributed by atoms with Crippen molar-refractivity contribution < 1.29 is 13.6 Å². The average molecular weight is 311 g/mol. The van der Waals surface area contributed by atoms with Crippen LogP contribution in [0.2, 0.25) is 5.02 Å². The van der Waals surface area contributed by atoms with E-state index in [1.165, 1.54) is 18.2 Å². The molecule has 2 aromatic carbocycles. The number of nitrogens with one attached hydrogen (secondary N) is 1. The highest BCUT2D eigenvalue weighted by Crippen LogP contribution is 2.17. The predicted molar refractivity (Wildman–Crippen MR) is 78.3 cm³/mol. The number of rotatable bonds is 4. The van der Waals surface area contributed by atoms with Crippen molar-refractivity contribution >= 4 is 23.2 Å². The molecular weight excluding hydrogens is 298 g/mol. The number of hydrogen-bond acceptors (Lipinski definition) is 2. The summed E-state index contributed by atoms with van der Waals surface area (Å²) in [5.74, 6) is -1.67. The number of halogens is 3. The molecule has 0 fully saturated rings. The molecule has 0 bridgehead atoms. The Labute approximate surface area is 125 Å².